The van der Waals surface area contributed by atoms with Crippen molar-refractivity contribution < 1.29 is 4.79 Å². The SMILES string of the molecule is CC(C)(C)c1ccc([S+](CC(=O)c2ccc(C#N)cc2)c2ccc(C(C)(C)C)cc2)cc1.CCCC[B-](CCCC)(CCCC)Cc1ccccc1. The fourth-order valence-corrected chi connectivity index (χ4v) is 9.21. The molecule has 0 aromatic heterocycles. The maximum Gasteiger partial charge on any atom is 0.212 e. The van der Waals surface area contributed by atoms with Gasteiger partial charge in [0.1, 0.15) is 0 Å². The molecular weight excluding hydrogens is 649 g/mol. The molecule has 0 N–H and O–H groups in total. The molecule has 4 aromatic carbocycles. The average Bonchev–Trinajstić information content (AvgIpc) is 3.14. The maximum atomic E-state index is 13.2. The summed E-state index contributed by atoms with van der Waals surface area (Å²) >= 11 is 0. The molecule has 4 heteroatoms. The summed E-state index contributed by atoms with van der Waals surface area (Å²) in [5.41, 5.74) is 5.52. The van der Waals surface area contributed by atoms with E-state index in [2.05, 4.69) is 147 Å². The molecule has 0 heterocycles. The highest BCUT2D eigenvalue weighted by atomic mass is 32.2. The lowest BCUT2D eigenvalue weighted by Gasteiger charge is -2.40. The van der Waals surface area contributed by atoms with Gasteiger partial charge in [-0.1, -0.05) is 161 Å². The van der Waals surface area contributed by atoms with E-state index in [1.54, 1.807) is 29.8 Å². The summed E-state index contributed by atoms with van der Waals surface area (Å²) in [7, 11) is -0.374. The Morgan fingerprint density at radius 1 is 0.615 bits per heavy atom. The van der Waals surface area contributed by atoms with Crippen LogP contribution in [0.5, 0.6) is 0 Å². The van der Waals surface area contributed by atoms with Gasteiger partial charge in [-0.05, 0) is 70.5 Å². The van der Waals surface area contributed by atoms with Crippen LogP contribution < -0.4 is 0 Å². The first-order valence-corrected chi connectivity index (χ1v) is 21.4. The summed E-state index contributed by atoms with van der Waals surface area (Å²) in [6.07, 6.45) is 13.9. The Bertz CT molecular complexity index is 1580. The van der Waals surface area contributed by atoms with Crippen molar-refractivity contribution in [3.05, 3.63) is 131 Å². The van der Waals surface area contributed by atoms with Crippen molar-refractivity contribution >= 4 is 22.8 Å². The molecule has 4 rings (SSSR count). The van der Waals surface area contributed by atoms with Crippen LogP contribution in [0.2, 0.25) is 19.0 Å². The summed E-state index contributed by atoms with van der Waals surface area (Å²) in [5, 5.41) is 9.04. The van der Waals surface area contributed by atoms with Crippen LogP contribution in [-0.2, 0) is 28.0 Å². The van der Waals surface area contributed by atoms with Gasteiger partial charge < -0.3 is 0 Å². The predicted octanol–water partition coefficient (Wildman–Crippen LogP) is 13.7. The predicted molar refractivity (Wildman–Crippen MR) is 230 cm³/mol. The molecule has 0 fully saturated rings. The molecule has 0 bridgehead atoms. The van der Waals surface area contributed by atoms with Crippen LogP contribution in [0, 0.1) is 11.3 Å². The van der Waals surface area contributed by atoms with E-state index >= 15 is 0 Å². The molecule has 278 valence electrons. The largest absolute Gasteiger partial charge is 0.289 e. The van der Waals surface area contributed by atoms with Crippen LogP contribution in [-0.4, -0.2) is 17.7 Å². The van der Waals surface area contributed by atoms with Crippen molar-refractivity contribution in [1.82, 2.24) is 0 Å². The molecule has 0 aliphatic rings. The molecule has 4 aromatic rings. The van der Waals surface area contributed by atoms with Crippen molar-refractivity contribution in [2.45, 2.75) is 147 Å². The van der Waals surface area contributed by atoms with E-state index in [1.807, 2.05) is 0 Å². The van der Waals surface area contributed by atoms with Crippen molar-refractivity contribution in [2.24, 2.45) is 0 Å². The number of hydrogen-bond donors (Lipinski definition) is 0. The lowest BCUT2D eigenvalue weighted by atomic mass is 9.17. The van der Waals surface area contributed by atoms with E-state index in [9.17, 15) is 4.79 Å². The van der Waals surface area contributed by atoms with Crippen molar-refractivity contribution in [3.8, 4) is 6.07 Å². The van der Waals surface area contributed by atoms with Gasteiger partial charge in [-0.15, -0.1) is 0 Å². The number of rotatable bonds is 16. The van der Waals surface area contributed by atoms with E-state index in [-0.39, 0.29) is 33.7 Å². The lowest BCUT2D eigenvalue weighted by Crippen LogP contribution is -2.37. The molecule has 0 amide bonds. The molecule has 2 nitrogen and oxygen atoms in total. The first-order chi connectivity index (χ1) is 24.7. The zero-order valence-electron chi connectivity index (χ0n) is 33.9. The normalized spacial score (nSPS) is 11.9. The van der Waals surface area contributed by atoms with E-state index in [1.165, 1.54) is 84.7 Å². The molecule has 0 spiro atoms. The summed E-state index contributed by atoms with van der Waals surface area (Å²) in [5.74, 6) is 0.507. The Labute approximate surface area is 321 Å². The zero-order valence-corrected chi connectivity index (χ0v) is 34.8. The molecule has 52 heavy (non-hydrogen) atoms. The second-order valence-corrected chi connectivity index (χ2v) is 19.1. The van der Waals surface area contributed by atoms with Crippen molar-refractivity contribution in [2.75, 3.05) is 5.75 Å². The number of ketones is 1. The number of nitrogens with zero attached hydrogens (tertiary/aromatic N) is 1. The highest BCUT2D eigenvalue weighted by molar-refractivity contribution is 7.97. The summed E-state index contributed by atoms with van der Waals surface area (Å²) in [6.45, 7) is 20.3. The Hall–Kier alpha value is -3.55. The number of Topliss-reactive ketones (excluding diaryl/α,β-unsaturated/α-hetero) is 1. The molecule has 0 aliphatic carbocycles. The number of carbonyl (C=O) groups excluding carboxylic acids is 1. The third-order valence-electron chi connectivity index (χ3n) is 10.6. The molecule has 0 unspecified atom stereocenters. The highest BCUT2D eigenvalue weighted by Crippen LogP contribution is 2.33. The van der Waals surface area contributed by atoms with E-state index in [4.69, 9.17) is 5.26 Å². The number of benzene rings is 4. The van der Waals surface area contributed by atoms with Crippen LogP contribution in [0.3, 0.4) is 0 Å². The topological polar surface area (TPSA) is 40.9 Å². The monoisotopic (exact) mass is 715 g/mol. The van der Waals surface area contributed by atoms with Gasteiger partial charge in [-0.3, -0.25) is 4.79 Å². The van der Waals surface area contributed by atoms with Gasteiger partial charge in [0.15, 0.2) is 15.5 Å². The maximum absolute atomic E-state index is 13.2. The van der Waals surface area contributed by atoms with Crippen LogP contribution in [0.1, 0.15) is 133 Å². The molecule has 0 saturated carbocycles. The van der Waals surface area contributed by atoms with Crippen LogP contribution in [0.15, 0.2) is 113 Å². The minimum absolute atomic E-state index is 0.0871. The number of carbonyl (C=O) groups is 1. The molecule has 0 saturated heterocycles. The lowest BCUT2D eigenvalue weighted by molar-refractivity contribution is 0.102. The van der Waals surface area contributed by atoms with E-state index < -0.39 is 0 Å². The van der Waals surface area contributed by atoms with Gasteiger partial charge in [0.05, 0.1) is 22.5 Å². The Morgan fingerprint density at radius 3 is 1.40 bits per heavy atom. The average molecular weight is 716 g/mol. The van der Waals surface area contributed by atoms with Crippen LogP contribution in [0.4, 0.5) is 0 Å². The van der Waals surface area contributed by atoms with E-state index in [0.29, 0.717) is 16.9 Å². The molecular formula is C48H66BNOS. The number of unbranched alkanes of at least 4 members (excludes halogenated alkanes) is 3. The Kier molecular flexibility index (Phi) is 17.0. The van der Waals surface area contributed by atoms with Crippen molar-refractivity contribution in [3.63, 3.8) is 0 Å². The fraction of sp³-hybridized carbons (Fsp3) is 0.458. The molecule has 0 atom stereocenters. The zero-order chi connectivity index (χ0) is 38.2. The van der Waals surface area contributed by atoms with E-state index in [0.717, 1.165) is 0 Å². The molecule has 0 radical (unpaired) electrons. The molecule has 0 aliphatic heterocycles. The first kappa shape index (κ1) is 42.9. The number of nitriles is 1. The van der Waals surface area contributed by atoms with Gasteiger partial charge in [-0.25, -0.2) is 0 Å². The fourth-order valence-electron chi connectivity index (χ4n) is 7.25. The van der Waals surface area contributed by atoms with Gasteiger partial charge in [0, 0.05) is 11.7 Å². The van der Waals surface area contributed by atoms with Crippen LogP contribution in [0.25, 0.3) is 0 Å². The second-order valence-electron chi connectivity index (χ2n) is 17.0. The van der Waals surface area contributed by atoms with Gasteiger partial charge in [0.25, 0.3) is 0 Å². The van der Waals surface area contributed by atoms with Gasteiger partial charge in [-0.2, -0.15) is 30.5 Å². The standard InChI is InChI=1S/C29H32NOS.C19H34B/c1-28(2,3)23-11-15-25(16-12-23)32(26-17-13-24(14-18-26)29(4,5)6)20-27(31)22-9-7-21(19-30)8-10-22;1-4-7-15-20(16-8-5-2,17-9-6-3)18-19-13-11-10-12-14-19/h7-18H,20H2,1-6H3;10-14H,4-9,15-18H2,1-3H3/q+1;-1. The third-order valence-corrected chi connectivity index (χ3v) is 12.9. The highest BCUT2D eigenvalue weighted by Gasteiger charge is 2.30. The summed E-state index contributed by atoms with van der Waals surface area (Å²) in [4.78, 5) is 15.5. The third kappa shape index (κ3) is 13.5. The van der Waals surface area contributed by atoms with Crippen LogP contribution >= 0.6 is 0 Å². The number of hydrogen-bond acceptors (Lipinski definition) is 2. The Balaban J connectivity index is 0.000000314. The summed E-state index contributed by atoms with van der Waals surface area (Å²) < 4.78 is 0. The Morgan fingerprint density at radius 2 is 1.04 bits per heavy atom. The first-order valence-electron chi connectivity index (χ1n) is 20.0. The van der Waals surface area contributed by atoms with Crippen molar-refractivity contribution in [1.29, 1.82) is 5.26 Å². The second kappa shape index (κ2) is 20.6. The minimum Gasteiger partial charge on any atom is -0.289 e. The smallest absolute Gasteiger partial charge is 0.212 e. The quantitative estimate of drug-likeness (QED) is 0.0658. The summed E-state index contributed by atoms with van der Waals surface area (Å²) in [6, 6.07) is 37.7. The van der Waals surface area contributed by atoms with Gasteiger partial charge >= 0.3 is 0 Å². The van der Waals surface area contributed by atoms with Gasteiger partial charge in [0.2, 0.25) is 5.78 Å². The minimum atomic E-state index is -0.374.